The van der Waals surface area contributed by atoms with Crippen LogP contribution in [0.3, 0.4) is 0 Å². The molecule has 0 aromatic heterocycles. The number of hydrogen-bond donors (Lipinski definition) is 3. The molecule has 0 bridgehead atoms. The second kappa shape index (κ2) is 5.04. The predicted molar refractivity (Wildman–Crippen MR) is 49.3 cm³/mol. The third-order valence-electron chi connectivity index (χ3n) is 2.35. The molecule has 0 unspecified atom stereocenters. The minimum atomic E-state index is -0.333. The largest absolute Gasteiger partial charge is 0.395 e. The first-order chi connectivity index (χ1) is 6.24. The molecule has 1 fully saturated rings. The number of hydrogen-bond acceptors (Lipinski definition) is 3. The summed E-state index contributed by atoms with van der Waals surface area (Å²) in [5.41, 5.74) is 5.14. The van der Waals surface area contributed by atoms with Crippen LogP contribution in [-0.2, 0) is 0 Å². The average Bonchev–Trinajstić information content (AvgIpc) is 2.15. The lowest BCUT2D eigenvalue weighted by molar-refractivity contribution is 0.182. The monoisotopic (exact) mass is 187 g/mol. The topological polar surface area (TPSA) is 78.6 Å². The zero-order valence-corrected chi connectivity index (χ0v) is 7.70. The molecule has 1 aliphatic rings. The number of nitrogens with zero attached hydrogens (tertiary/aromatic N) is 1. The third-order valence-corrected chi connectivity index (χ3v) is 2.35. The first-order valence-corrected chi connectivity index (χ1v) is 4.62. The van der Waals surface area contributed by atoms with Gasteiger partial charge in [0, 0.05) is 25.7 Å². The number of aliphatic hydroxyl groups is 1. The maximum absolute atomic E-state index is 10.8. The lowest BCUT2D eigenvalue weighted by Gasteiger charge is -2.31. The number of rotatable bonds is 3. The summed E-state index contributed by atoms with van der Waals surface area (Å²) in [4.78, 5) is 12.4. The van der Waals surface area contributed by atoms with Crippen LogP contribution in [0.25, 0.3) is 0 Å². The maximum Gasteiger partial charge on any atom is 0.314 e. The van der Waals surface area contributed by atoms with Crippen molar-refractivity contribution < 1.29 is 9.90 Å². The first-order valence-electron chi connectivity index (χ1n) is 4.62. The highest BCUT2D eigenvalue weighted by atomic mass is 16.3. The van der Waals surface area contributed by atoms with Gasteiger partial charge in [0.15, 0.2) is 0 Å². The highest BCUT2D eigenvalue weighted by Crippen LogP contribution is 2.09. The fourth-order valence-corrected chi connectivity index (χ4v) is 1.57. The SMILES string of the molecule is NC(=O)N1CCC(NCCO)CC1. The van der Waals surface area contributed by atoms with Gasteiger partial charge in [0.25, 0.3) is 0 Å². The van der Waals surface area contributed by atoms with Crippen LogP contribution in [0.2, 0.25) is 0 Å². The van der Waals surface area contributed by atoms with E-state index in [-0.39, 0.29) is 12.6 Å². The molecule has 0 aromatic carbocycles. The van der Waals surface area contributed by atoms with E-state index in [1.807, 2.05) is 0 Å². The quantitative estimate of drug-likeness (QED) is 0.536. The molecule has 1 rings (SSSR count). The Labute approximate surface area is 77.9 Å². The van der Waals surface area contributed by atoms with E-state index < -0.39 is 0 Å². The van der Waals surface area contributed by atoms with Crippen molar-refractivity contribution in [3.63, 3.8) is 0 Å². The number of primary amides is 1. The summed E-state index contributed by atoms with van der Waals surface area (Å²) >= 11 is 0. The van der Waals surface area contributed by atoms with Crippen LogP contribution in [0.4, 0.5) is 4.79 Å². The number of piperidine rings is 1. The van der Waals surface area contributed by atoms with E-state index in [1.165, 1.54) is 0 Å². The molecule has 0 aliphatic carbocycles. The second-order valence-electron chi connectivity index (χ2n) is 3.28. The van der Waals surface area contributed by atoms with Crippen molar-refractivity contribution in [2.75, 3.05) is 26.2 Å². The zero-order chi connectivity index (χ0) is 9.68. The lowest BCUT2D eigenvalue weighted by Crippen LogP contribution is -2.47. The van der Waals surface area contributed by atoms with Gasteiger partial charge >= 0.3 is 6.03 Å². The maximum atomic E-state index is 10.8. The summed E-state index contributed by atoms with van der Waals surface area (Å²) in [6.07, 6.45) is 1.84. The first kappa shape index (κ1) is 10.3. The third kappa shape index (κ3) is 3.20. The van der Waals surface area contributed by atoms with Gasteiger partial charge in [-0.15, -0.1) is 0 Å². The highest BCUT2D eigenvalue weighted by molar-refractivity contribution is 5.72. The number of urea groups is 1. The summed E-state index contributed by atoms with van der Waals surface area (Å²) < 4.78 is 0. The van der Waals surface area contributed by atoms with Crippen molar-refractivity contribution in [2.45, 2.75) is 18.9 Å². The van der Waals surface area contributed by atoms with E-state index in [4.69, 9.17) is 10.8 Å². The summed E-state index contributed by atoms with van der Waals surface area (Å²) in [7, 11) is 0. The van der Waals surface area contributed by atoms with Crippen molar-refractivity contribution in [3.05, 3.63) is 0 Å². The zero-order valence-electron chi connectivity index (χ0n) is 7.70. The van der Waals surface area contributed by atoms with Crippen molar-refractivity contribution in [1.29, 1.82) is 0 Å². The minimum Gasteiger partial charge on any atom is -0.395 e. The molecular weight excluding hydrogens is 170 g/mol. The molecule has 2 amide bonds. The average molecular weight is 187 g/mol. The van der Waals surface area contributed by atoms with Crippen molar-refractivity contribution in [3.8, 4) is 0 Å². The molecule has 5 heteroatoms. The highest BCUT2D eigenvalue weighted by Gasteiger charge is 2.20. The van der Waals surface area contributed by atoms with E-state index in [0.29, 0.717) is 12.6 Å². The van der Waals surface area contributed by atoms with Gasteiger partial charge in [-0.3, -0.25) is 0 Å². The van der Waals surface area contributed by atoms with Gasteiger partial charge in [-0.05, 0) is 12.8 Å². The Balaban J connectivity index is 2.18. The van der Waals surface area contributed by atoms with E-state index in [0.717, 1.165) is 25.9 Å². The van der Waals surface area contributed by atoms with Crippen LogP contribution in [0.5, 0.6) is 0 Å². The Kier molecular flexibility index (Phi) is 3.98. The Morgan fingerprint density at radius 3 is 2.62 bits per heavy atom. The van der Waals surface area contributed by atoms with Gasteiger partial charge in [-0.1, -0.05) is 0 Å². The normalized spacial score (nSPS) is 19.0. The standard InChI is InChI=1S/C8H17N3O2/c9-8(13)11-4-1-7(2-5-11)10-3-6-12/h7,10,12H,1-6H2,(H2,9,13). The summed E-state index contributed by atoms with van der Waals surface area (Å²) in [6.45, 7) is 2.23. The number of nitrogens with two attached hydrogens (primary N) is 1. The number of carbonyl (C=O) groups is 1. The minimum absolute atomic E-state index is 0.163. The molecule has 1 saturated heterocycles. The molecule has 76 valence electrons. The molecule has 13 heavy (non-hydrogen) atoms. The van der Waals surface area contributed by atoms with Gasteiger partial charge in [0.05, 0.1) is 6.61 Å². The molecule has 5 nitrogen and oxygen atoms in total. The van der Waals surface area contributed by atoms with Gasteiger partial charge in [0.2, 0.25) is 0 Å². The number of likely N-dealkylation sites (tertiary alicyclic amines) is 1. The Morgan fingerprint density at radius 1 is 1.54 bits per heavy atom. The molecule has 0 radical (unpaired) electrons. The Bertz CT molecular complexity index is 167. The Morgan fingerprint density at radius 2 is 2.15 bits per heavy atom. The van der Waals surface area contributed by atoms with Gasteiger partial charge in [-0.25, -0.2) is 4.79 Å². The van der Waals surface area contributed by atoms with Crippen molar-refractivity contribution in [2.24, 2.45) is 5.73 Å². The van der Waals surface area contributed by atoms with E-state index in [1.54, 1.807) is 4.90 Å². The fraction of sp³-hybridized carbons (Fsp3) is 0.875. The predicted octanol–water partition coefficient (Wildman–Crippen LogP) is -0.889. The molecule has 1 aliphatic heterocycles. The second-order valence-corrected chi connectivity index (χ2v) is 3.28. The number of aliphatic hydroxyl groups excluding tert-OH is 1. The van der Waals surface area contributed by atoms with E-state index in [2.05, 4.69) is 5.32 Å². The van der Waals surface area contributed by atoms with Crippen LogP contribution in [0.1, 0.15) is 12.8 Å². The van der Waals surface area contributed by atoms with Crippen LogP contribution in [-0.4, -0.2) is 48.3 Å². The van der Waals surface area contributed by atoms with Gasteiger partial charge < -0.3 is 21.1 Å². The number of carbonyl (C=O) groups excluding carboxylic acids is 1. The molecule has 0 aromatic rings. The summed E-state index contributed by atoms with van der Waals surface area (Å²) in [6, 6.07) is 0.0864. The van der Waals surface area contributed by atoms with E-state index >= 15 is 0 Å². The summed E-state index contributed by atoms with van der Waals surface area (Å²) in [5.74, 6) is 0. The van der Waals surface area contributed by atoms with Gasteiger partial charge in [-0.2, -0.15) is 0 Å². The van der Waals surface area contributed by atoms with Gasteiger partial charge in [0.1, 0.15) is 0 Å². The molecular formula is C8H17N3O2. The van der Waals surface area contributed by atoms with Crippen molar-refractivity contribution in [1.82, 2.24) is 10.2 Å². The Hall–Kier alpha value is -0.810. The molecule has 0 saturated carbocycles. The van der Waals surface area contributed by atoms with Crippen molar-refractivity contribution >= 4 is 6.03 Å². The molecule has 0 atom stereocenters. The summed E-state index contributed by atoms with van der Waals surface area (Å²) in [5, 5.41) is 11.8. The number of nitrogens with one attached hydrogen (secondary N) is 1. The lowest BCUT2D eigenvalue weighted by atomic mass is 10.1. The van der Waals surface area contributed by atoms with Crippen LogP contribution in [0.15, 0.2) is 0 Å². The number of amides is 2. The van der Waals surface area contributed by atoms with Crippen LogP contribution >= 0.6 is 0 Å². The smallest absolute Gasteiger partial charge is 0.314 e. The molecule has 0 spiro atoms. The molecule has 1 heterocycles. The fourth-order valence-electron chi connectivity index (χ4n) is 1.57. The van der Waals surface area contributed by atoms with E-state index in [9.17, 15) is 4.79 Å². The molecule has 4 N–H and O–H groups in total. The van der Waals surface area contributed by atoms with Crippen LogP contribution < -0.4 is 11.1 Å². The van der Waals surface area contributed by atoms with Crippen LogP contribution in [0, 0.1) is 0 Å².